The van der Waals surface area contributed by atoms with E-state index in [4.69, 9.17) is 18.3 Å². The first kappa shape index (κ1) is 15.8. The van der Waals surface area contributed by atoms with E-state index in [9.17, 15) is 0 Å². The smallest absolute Gasteiger partial charge is 0.361 e. The summed E-state index contributed by atoms with van der Waals surface area (Å²) in [4.78, 5) is 0. The molecule has 5 heteroatoms. The van der Waals surface area contributed by atoms with E-state index in [1.54, 1.807) is 19.9 Å². The lowest BCUT2D eigenvalue weighted by Crippen LogP contribution is -2.44. The molecule has 0 aliphatic carbocycles. The summed E-state index contributed by atoms with van der Waals surface area (Å²) in [6, 6.07) is 0. The van der Waals surface area contributed by atoms with Crippen molar-refractivity contribution in [2.45, 2.75) is 32.6 Å². The lowest BCUT2D eigenvalue weighted by atomic mass is 10.5. The molecule has 0 bridgehead atoms. The zero-order valence-electron chi connectivity index (χ0n) is 11.0. The van der Waals surface area contributed by atoms with Gasteiger partial charge in [0.25, 0.3) is 0 Å². The molecule has 0 N–H and O–H groups in total. The van der Waals surface area contributed by atoms with Gasteiger partial charge in [-0.15, -0.1) is 6.58 Å². The van der Waals surface area contributed by atoms with Crippen LogP contribution in [0, 0.1) is 0 Å². The third-order valence-electron chi connectivity index (χ3n) is 2.04. The van der Waals surface area contributed by atoms with Gasteiger partial charge in [-0.05, 0) is 26.1 Å². The second-order valence-electron chi connectivity index (χ2n) is 3.99. The number of ether oxygens (including phenoxy) is 2. The van der Waals surface area contributed by atoms with Gasteiger partial charge < -0.3 is 18.3 Å². The molecule has 0 aliphatic rings. The fourth-order valence-electron chi connectivity index (χ4n) is 1.46. The zero-order chi connectivity index (χ0) is 12.6. The summed E-state index contributed by atoms with van der Waals surface area (Å²) in [7, 11) is 0.988. The zero-order valence-corrected chi connectivity index (χ0v) is 12.0. The summed E-state index contributed by atoms with van der Waals surface area (Å²) < 4.78 is 21.8. The average Bonchev–Trinajstić information content (AvgIpc) is 2.17. The quantitative estimate of drug-likeness (QED) is 0.584. The number of methoxy groups -OCH3 is 2. The topological polar surface area (TPSA) is 36.9 Å². The van der Waals surface area contributed by atoms with Gasteiger partial charge in [-0.25, -0.2) is 0 Å². The van der Waals surface area contributed by atoms with Crippen LogP contribution < -0.4 is 0 Å². The molecule has 0 aromatic rings. The van der Waals surface area contributed by atoms with Gasteiger partial charge in [0.2, 0.25) is 0 Å². The van der Waals surface area contributed by atoms with Crippen molar-refractivity contribution in [3.8, 4) is 0 Å². The highest BCUT2D eigenvalue weighted by Gasteiger charge is 2.32. The highest BCUT2D eigenvalue weighted by molar-refractivity contribution is 6.71. The maximum atomic E-state index is 5.86. The van der Waals surface area contributed by atoms with Crippen LogP contribution in [0.25, 0.3) is 0 Å². The first-order valence-corrected chi connectivity index (χ1v) is 7.84. The summed E-state index contributed by atoms with van der Waals surface area (Å²) >= 11 is 0. The molecular weight excluding hydrogens is 224 g/mol. The molecule has 2 atom stereocenters. The van der Waals surface area contributed by atoms with Crippen LogP contribution in [-0.4, -0.2) is 48.2 Å². The second kappa shape index (κ2) is 7.97. The average molecular weight is 248 g/mol. The van der Waals surface area contributed by atoms with Gasteiger partial charge >= 0.3 is 8.56 Å². The third-order valence-corrected chi connectivity index (χ3v) is 4.53. The standard InChI is InChI=1S/C11H24O4Si/c1-7-16(6,14-10(2)8-12-4)15-11(3)9-13-5/h7,10-11H,1,8-9H2,2-6H3. The molecule has 0 aromatic carbocycles. The van der Waals surface area contributed by atoms with Crippen molar-refractivity contribution < 1.29 is 18.3 Å². The Bertz CT molecular complexity index is 184. The Morgan fingerprint density at radius 3 is 1.69 bits per heavy atom. The summed E-state index contributed by atoms with van der Waals surface area (Å²) in [6.45, 7) is 10.8. The number of hydrogen-bond acceptors (Lipinski definition) is 4. The molecule has 0 aromatic heterocycles. The van der Waals surface area contributed by atoms with E-state index in [1.807, 2.05) is 20.4 Å². The molecule has 0 fully saturated rings. The Labute approximate surface area is 99.8 Å². The van der Waals surface area contributed by atoms with Gasteiger partial charge in [0, 0.05) is 14.2 Å². The molecule has 16 heavy (non-hydrogen) atoms. The largest absolute Gasteiger partial charge is 0.386 e. The molecule has 96 valence electrons. The van der Waals surface area contributed by atoms with Crippen molar-refractivity contribution >= 4 is 8.56 Å². The van der Waals surface area contributed by atoms with Crippen molar-refractivity contribution in [3.63, 3.8) is 0 Å². The fraction of sp³-hybridized carbons (Fsp3) is 0.818. The number of hydrogen-bond donors (Lipinski definition) is 0. The second-order valence-corrected chi connectivity index (χ2v) is 6.90. The maximum Gasteiger partial charge on any atom is 0.361 e. The van der Waals surface area contributed by atoms with Crippen LogP contribution in [0.2, 0.25) is 6.55 Å². The van der Waals surface area contributed by atoms with Crippen LogP contribution in [-0.2, 0) is 18.3 Å². The van der Waals surface area contributed by atoms with Crippen molar-refractivity contribution in [1.29, 1.82) is 0 Å². The Balaban J connectivity index is 4.23. The highest BCUT2D eigenvalue weighted by Crippen LogP contribution is 2.14. The lowest BCUT2D eigenvalue weighted by molar-refractivity contribution is 0.0295. The van der Waals surface area contributed by atoms with Gasteiger partial charge in [-0.3, -0.25) is 0 Å². The summed E-state index contributed by atoms with van der Waals surface area (Å²) in [6.07, 6.45) is 0.0174. The third kappa shape index (κ3) is 6.39. The molecule has 0 heterocycles. The molecule has 0 saturated carbocycles. The minimum absolute atomic E-state index is 0.00871. The van der Waals surface area contributed by atoms with Crippen LogP contribution in [0.5, 0.6) is 0 Å². The fourth-order valence-corrected chi connectivity index (χ4v) is 3.44. The minimum Gasteiger partial charge on any atom is -0.386 e. The first-order valence-electron chi connectivity index (χ1n) is 5.44. The van der Waals surface area contributed by atoms with Crippen molar-refractivity contribution in [2.75, 3.05) is 27.4 Å². The van der Waals surface area contributed by atoms with Crippen molar-refractivity contribution in [1.82, 2.24) is 0 Å². The van der Waals surface area contributed by atoms with E-state index in [0.29, 0.717) is 13.2 Å². The van der Waals surface area contributed by atoms with Gasteiger partial charge in [0.15, 0.2) is 0 Å². The van der Waals surface area contributed by atoms with Crippen LogP contribution >= 0.6 is 0 Å². The van der Waals surface area contributed by atoms with Gasteiger partial charge in [-0.2, -0.15) is 0 Å². The van der Waals surface area contributed by atoms with Crippen LogP contribution in [0.3, 0.4) is 0 Å². The molecule has 0 rings (SSSR count). The van der Waals surface area contributed by atoms with E-state index in [-0.39, 0.29) is 12.2 Å². The van der Waals surface area contributed by atoms with E-state index >= 15 is 0 Å². The van der Waals surface area contributed by atoms with Gasteiger partial charge in [0.1, 0.15) is 0 Å². The SMILES string of the molecule is C=C[Si](C)(OC(C)COC)OC(C)COC. The predicted octanol–water partition coefficient (Wildman–Crippen LogP) is 1.89. The van der Waals surface area contributed by atoms with Crippen LogP contribution in [0.1, 0.15) is 13.8 Å². The molecule has 4 nitrogen and oxygen atoms in total. The van der Waals surface area contributed by atoms with Crippen molar-refractivity contribution in [3.05, 3.63) is 12.3 Å². The number of rotatable bonds is 9. The van der Waals surface area contributed by atoms with E-state index in [0.717, 1.165) is 0 Å². The highest BCUT2D eigenvalue weighted by atomic mass is 28.4. The van der Waals surface area contributed by atoms with Gasteiger partial charge in [-0.1, -0.05) is 0 Å². The van der Waals surface area contributed by atoms with E-state index < -0.39 is 8.56 Å². The predicted molar refractivity (Wildman–Crippen MR) is 66.7 cm³/mol. The Kier molecular flexibility index (Phi) is 7.87. The Morgan fingerprint density at radius 1 is 1.06 bits per heavy atom. The Morgan fingerprint density at radius 2 is 1.44 bits per heavy atom. The summed E-state index contributed by atoms with van der Waals surface area (Å²) in [5.41, 5.74) is 1.78. The maximum absolute atomic E-state index is 5.86. The van der Waals surface area contributed by atoms with Gasteiger partial charge in [0.05, 0.1) is 25.4 Å². The van der Waals surface area contributed by atoms with E-state index in [2.05, 4.69) is 6.58 Å². The molecule has 0 spiro atoms. The van der Waals surface area contributed by atoms with Crippen LogP contribution in [0.4, 0.5) is 0 Å². The monoisotopic (exact) mass is 248 g/mol. The van der Waals surface area contributed by atoms with Crippen LogP contribution in [0.15, 0.2) is 12.3 Å². The normalized spacial score (nSPS) is 18.8. The Hall–Kier alpha value is -0.203. The molecule has 0 amide bonds. The lowest BCUT2D eigenvalue weighted by Gasteiger charge is -2.30. The molecule has 0 aliphatic heterocycles. The minimum atomic E-state index is -2.32. The van der Waals surface area contributed by atoms with E-state index in [1.165, 1.54) is 0 Å². The molecule has 0 radical (unpaired) electrons. The summed E-state index contributed by atoms with van der Waals surface area (Å²) in [5.74, 6) is 0. The molecule has 2 unspecified atom stereocenters. The summed E-state index contributed by atoms with van der Waals surface area (Å²) in [5, 5.41) is 0. The molecular formula is C11H24O4Si. The molecule has 0 saturated heterocycles. The van der Waals surface area contributed by atoms with Crippen molar-refractivity contribution in [2.24, 2.45) is 0 Å². The first-order chi connectivity index (χ1) is 7.47.